The van der Waals surface area contributed by atoms with Gasteiger partial charge in [0.25, 0.3) is 0 Å². The lowest BCUT2D eigenvalue weighted by atomic mass is 9.91. The molecule has 2 unspecified atom stereocenters. The fraction of sp³-hybridized carbons (Fsp3) is 0.600. The fourth-order valence-corrected chi connectivity index (χ4v) is 2.85. The Morgan fingerprint density at radius 3 is 2.61 bits per heavy atom. The number of halogens is 1. The quantitative estimate of drug-likeness (QED) is 0.843. The van der Waals surface area contributed by atoms with Crippen LogP contribution in [0.15, 0.2) is 24.3 Å². The Hall–Kier alpha value is -0.930. The summed E-state index contributed by atoms with van der Waals surface area (Å²) in [6.07, 6.45) is 4.34. The van der Waals surface area contributed by atoms with E-state index in [9.17, 15) is 9.50 Å². The summed E-state index contributed by atoms with van der Waals surface area (Å²) >= 11 is 0. The number of nitrogens with one attached hydrogen (secondary N) is 1. The van der Waals surface area contributed by atoms with Gasteiger partial charge < -0.3 is 10.4 Å². The second-order valence-electron chi connectivity index (χ2n) is 5.30. The zero-order chi connectivity index (χ0) is 13.0. The Labute approximate surface area is 108 Å². The van der Waals surface area contributed by atoms with Crippen molar-refractivity contribution in [2.75, 3.05) is 6.54 Å². The van der Waals surface area contributed by atoms with Crippen LogP contribution >= 0.6 is 0 Å². The number of benzene rings is 1. The third-order valence-electron chi connectivity index (χ3n) is 3.74. The van der Waals surface area contributed by atoms with Crippen LogP contribution in [0.5, 0.6) is 0 Å². The van der Waals surface area contributed by atoms with Crippen molar-refractivity contribution in [3.63, 3.8) is 0 Å². The molecule has 2 rings (SSSR count). The second kappa shape index (κ2) is 6.30. The molecule has 18 heavy (non-hydrogen) atoms. The molecule has 0 bridgehead atoms. The maximum absolute atomic E-state index is 13.9. The summed E-state index contributed by atoms with van der Waals surface area (Å²) in [6.45, 7) is 2.26. The summed E-state index contributed by atoms with van der Waals surface area (Å²) < 4.78 is 13.9. The first-order chi connectivity index (χ1) is 8.68. The van der Waals surface area contributed by atoms with E-state index in [0.29, 0.717) is 12.5 Å². The molecule has 1 aromatic rings. The van der Waals surface area contributed by atoms with E-state index in [1.165, 1.54) is 18.9 Å². The lowest BCUT2D eigenvalue weighted by Gasteiger charge is -2.26. The number of aliphatic hydroxyl groups excluding tert-OH is 1. The standard InChI is InChI=1S/C15H22FNO/c1-11(18)10-17-15(12-6-2-3-7-12)13-8-4-5-9-14(13)16/h4-5,8-9,11-12,15,17-18H,2-3,6-7,10H2,1H3. The van der Waals surface area contributed by atoms with Crippen molar-refractivity contribution in [3.05, 3.63) is 35.6 Å². The summed E-state index contributed by atoms with van der Waals surface area (Å²) in [5.74, 6) is 0.341. The van der Waals surface area contributed by atoms with Gasteiger partial charge in [-0.05, 0) is 31.7 Å². The second-order valence-corrected chi connectivity index (χ2v) is 5.30. The smallest absolute Gasteiger partial charge is 0.127 e. The normalized spacial score (nSPS) is 19.9. The van der Waals surface area contributed by atoms with Gasteiger partial charge in [0.2, 0.25) is 0 Å². The summed E-state index contributed by atoms with van der Waals surface area (Å²) in [6, 6.07) is 7.00. The molecule has 2 nitrogen and oxygen atoms in total. The molecular weight excluding hydrogens is 229 g/mol. The van der Waals surface area contributed by atoms with Gasteiger partial charge in [0.05, 0.1) is 6.10 Å². The number of hydrogen-bond acceptors (Lipinski definition) is 2. The molecule has 0 aliphatic heterocycles. The topological polar surface area (TPSA) is 32.3 Å². The van der Waals surface area contributed by atoms with Crippen molar-refractivity contribution in [2.45, 2.75) is 44.8 Å². The van der Waals surface area contributed by atoms with Crippen molar-refractivity contribution in [1.29, 1.82) is 0 Å². The van der Waals surface area contributed by atoms with E-state index in [2.05, 4.69) is 5.32 Å². The number of aliphatic hydroxyl groups is 1. The molecule has 0 heterocycles. The van der Waals surface area contributed by atoms with E-state index in [0.717, 1.165) is 18.4 Å². The SMILES string of the molecule is CC(O)CNC(c1ccccc1F)C1CCCC1. The fourth-order valence-electron chi connectivity index (χ4n) is 2.85. The first kappa shape index (κ1) is 13.5. The Morgan fingerprint density at radius 2 is 2.00 bits per heavy atom. The van der Waals surface area contributed by atoms with Crippen LogP contribution in [0.25, 0.3) is 0 Å². The molecular formula is C15H22FNO. The zero-order valence-corrected chi connectivity index (χ0v) is 10.9. The van der Waals surface area contributed by atoms with E-state index in [-0.39, 0.29) is 11.9 Å². The van der Waals surface area contributed by atoms with E-state index in [4.69, 9.17) is 0 Å². The van der Waals surface area contributed by atoms with Crippen LogP contribution in [0.1, 0.15) is 44.2 Å². The summed E-state index contributed by atoms with van der Waals surface area (Å²) in [5.41, 5.74) is 0.741. The van der Waals surface area contributed by atoms with Gasteiger partial charge in [0, 0.05) is 18.2 Å². The average molecular weight is 251 g/mol. The van der Waals surface area contributed by atoms with E-state index in [1.54, 1.807) is 13.0 Å². The van der Waals surface area contributed by atoms with Gasteiger partial charge in [-0.1, -0.05) is 31.0 Å². The summed E-state index contributed by atoms with van der Waals surface area (Å²) in [4.78, 5) is 0. The van der Waals surface area contributed by atoms with Gasteiger partial charge in [0.1, 0.15) is 5.82 Å². The van der Waals surface area contributed by atoms with Gasteiger partial charge in [0.15, 0.2) is 0 Å². The van der Waals surface area contributed by atoms with E-state index < -0.39 is 6.10 Å². The van der Waals surface area contributed by atoms with Gasteiger partial charge in [-0.2, -0.15) is 0 Å². The third-order valence-corrected chi connectivity index (χ3v) is 3.74. The van der Waals surface area contributed by atoms with Crippen molar-refractivity contribution < 1.29 is 9.50 Å². The van der Waals surface area contributed by atoms with Crippen LogP contribution in [0, 0.1) is 11.7 Å². The highest BCUT2D eigenvalue weighted by Gasteiger charge is 2.27. The van der Waals surface area contributed by atoms with Crippen molar-refractivity contribution in [2.24, 2.45) is 5.92 Å². The van der Waals surface area contributed by atoms with Crippen LogP contribution in [0.4, 0.5) is 4.39 Å². The number of hydrogen-bond donors (Lipinski definition) is 2. The molecule has 100 valence electrons. The first-order valence-electron chi connectivity index (χ1n) is 6.84. The Bertz CT molecular complexity index is 375. The highest BCUT2D eigenvalue weighted by atomic mass is 19.1. The van der Waals surface area contributed by atoms with Crippen molar-refractivity contribution in [1.82, 2.24) is 5.32 Å². The highest BCUT2D eigenvalue weighted by molar-refractivity contribution is 5.22. The lowest BCUT2D eigenvalue weighted by Crippen LogP contribution is -2.33. The molecule has 3 heteroatoms. The molecule has 0 spiro atoms. The molecule has 0 saturated heterocycles. The molecule has 1 saturated carbocycles. The maximum atomic E-state index is 13.9. The minimum atomic E-state index is -0.402. The molecule has 0 aromatic heterocycles. The minimum Gasteiger partial charge on any atom is -0.392 e. The van der Waals surface area contributed by atoms with Gasteiger partial charge in [-0.15, -0.1) is 0 Å². The Balaban J connectivity index is 2.15. The predicted octanol–water partition coefficient (Wildman–Crippen LogP) is 3.03. The predicted molar refractivity (Wildman–Crippen MR) is 70.8 cm³/mol. The molecule has 2 N–H and O–H groups in total. The summed E-state index contributed by atoms with van der Waals surface area (Å²) in [7, 11) is 0. The molecule has 0 amide bonds. The van der Waals surface area contributed by atoms with Crippen molar-refractivity contribution in [3.8, 4) is 0 Å². The van der Waals surface area contributed by atoms with Crippen LogP contribution in [0.3, 0.4) is 0 Å². The monoisotopic (exact) mass is 251 g/mol. The largest absolute Gasteiger partial charge is 0.392 e. The van der Waals surface area contributed by atoms with Crippen molar-refractivity contribution >= 4 is 0 Å². The zero-order valence-electron chi connectivity index (χ0n) is 10.9. The van der Waals surface area contributed by atoms with Crippen LogP contribution in [-0.4, -0.2) is 17.8 Å². The maximum Gasteiger partial charge on any atom is 0.127 e. The van der Waals surface area contributed by atoms with Crippen LogP contribution < -0.4 is 5.32 Å². The molecule has 1 aliphatic carbocycles. The van der Waals surface area contributed by atoms with E-state index >= 15 is 0 Å². The van der Waals surface area contributed by atoms with E-state index in [1.807, 2.05) is 12.1 Å². The molecule has 2 atom stereocenters. The first-order valence-corrected chi connectivity index (χ1v) is 6.84. The summed E-state index contributed by atoms with van der Waals surface area (Å²) in [5, 5.41) is 12.7. The molecule has 1 aromatic carbocycles. The lowest BCUT2D eigenvalue weighted by molar-refractivity contribution is 0.179. The molecule has 1 fully saturated rings. The van der Waals surface area contributed by atoms with Crippen LogP contribution in [-0.2, 0) is 0 Å². The van der Waals surface area contributed by atoms with Crippen LogP contribution in [0.2, 0.25) is 0 Å². The van der Waals surface area contributed by atoms with Gasteiger partial charge in [-0.25, -0.2) is 4.39 Å². The molecule has 1 aliphatic rings. The third kappa shape index (κ3) is 3.30. The molecule has 0 radical (unpaired) electrons. The Morgan fingerprint density at radius 1 is 1.33 bits per heavy atom. The minimum absolute atomic E-state index is 0.0308. The number of rotatable bonds is 5. The highest BCUT2D eigenvalue weighted by Crippen LogP contribution is 2.36. The Kier molecular flexibility index (Phi) is 4.72. The average Bonchev–Trinajstić information content (AvgIpc) is 2.85. The van der Waals surface area contributed by atoms with Gasteiger partial charge >= 0.3 is 0 Å². The van der Waals surface area contributed by atoms with Gasteiger partial charge in [-0.3, -0.25) is 0 Å².